The molecule has 0 unspecified atom stereocenters. The number of benzene rings is 1. The van der Waals surface area contributed by atoms with E-state index in [0.29, 0.717) is 0 Å². The first-order chi connectivity index (χ1) is 15.6. The van der Waals surface area contributed by atoms with Gasteiger partial charge in [-0.3, -0.25) is 9.97 Å². The Morgan fingerprint density at radius 1 is 0.562 bits per heavy atom. The third-order valence-electron chi connectivity index (χ3n) is 5.82. The third kappa shape index (κ3) is 2.80. The van der Waals surface area contributed by atoms with E-state index in [1.54, 1.807) is 22.7 Å². The quantitative estimate of drug-likeness (QED) is 0.228. The molecule has 154 valence electrons. The van der Waals surface area contributed by atoms with E-state index in [1.807, 2.05) is 22.7 Å². The zero-order valence-electron chi connectivity index (χ0n) is 17.3. The van der Waals surface area contributed by atoms with Crippen LogP contribution in [0.15, 0.2) is 59.3 Å². The highest BCUT2D eigenvalue weighted by atomic mass is 32.1. The van der Waals surface area contributed by atoms with Crippen LogP contribution in [0, 0.1) is 13.8 Å². The lowest BCUT2D eigenvalue weighted by Crippen LogP contribution is -1.93. The van der Waals surface area contributed by atoms with E-state index >= 15 is 0 Å². The number of hydrogen-bond donors (Lipinski definition) is 0. The maximum Gasteiger partial charge on any atom is 0.0974 e. The Balaban J connectivity index is 1.54. The summed E-state index contributed by atoms with van der Waals surface area (Å²) in [5, 5.41) is 6.68. The van der Waals surface area contributed by atoms with Gasteiger partial charge in [0.2, 0.25) is 0 Å². The van der Waals surface area contributed by atoms with Gasteiger partial charge >= 0.3 is 0 Å². The molecule has 7 aromatic rings. The van der Waals surface area contributed by atoms with Crippen molar-refractivity contribution in [3.05, 3.63) is 70.7 Å². The Bertz CT molecular complexity index is 1620. The molecule has 0 aliphatic heterocycles. The Morgan fingerprint density at radius 2 is 1.03 bits per heavy atom. The van der Waals surface area contributed by atoms with Gasteiger partial charge < -0.3 is 0 Å². The molecule has 7 rings (SSSR count). The van der Waals surface area contributed by atoms with Crippen LogP contribution in [0.1, 0.15) is 11.4 Å². The number of rotatable bonds is 2. The predicted molar refractivity (Wildman–Crippen MR) is 144 cm³/mol. The molecule has 0 N–H and O–H groups in total. The molecule has 6 heterocycles. The molecule has 2 nitrogen and oxygen atoms in total. The highest BCUT2D eigenvalue weighted by Gasteiger charge is 2.17. The van der Waals surface area contributed by atoms with Gasteiger partial charge in [0.15, 0.2) is 0 Å². The van der Waals surface area contributed by atoms with Gasteiger partial charge in [0, 0.05) is 61.8 Å². The molecule has 6 aromatic heterocycles. The zero-order chi connectivity index (χ0) is 21.4. The summed E-state index contributed by atoms with van der Waals surface area (Å²) in [4.78, 5) is 12.6. The van der Waals surface area contributed by atoms with E-state index in [0.717, 1.165) is 22.4 Å². The lowest BCUT2D eigenvalue weighted by atomic mass is 10.00. The fourth-order valence-corrected chi connectivity index (χ4v) is 8.71. The number of thiophene rings is 4. The van der Waals surface area contributed by atoms with Crippen molar-refractivity contribution in [2.24, 2.45) is 0 Å². The van der Waals surface area contributed by atoms with Crippen LogP contribution in [-0.4, -0.2) is 9.97 Å². The largest absolute Gasteiger partial charge is 0.251 e. The van der Waals surface area contributed by atoms with Crippen LogP contribution in [0.4, 0.5) is 0 Å². The number of fused-ring (bicyclic) bond motifs is 5. The van der Waals surface area contributed by atoms with Crippen molar-refractivity contribution < 1.29 is 0 Å². The smallest absolute Gasteiger partial charge is 0.0974 e. The number of nitrogens with zero attached hydrogens (tertiary/aromatic N) is 2. The fraction of sp³-hybridized carbons (Fsp3) is 0.0769. The van der Waals surface area contributed by atoms with Gasteiger partial charge in [0.25, 0.3) is 0 Å². The second kappa shape index (κ2) is 6.93. The molecule has 0 aliphatic carbocycles. The standard InChI is InChI=1S/C26H16N2S4/c1-13-9-17(21-11-23-19(31-21)5-7-29-23)15-3-4-16-18(10-14(2)28-26(16)25(15)27-13)22-12-24-20(32-22)6-8-30-24/h3-12H,1-2H3. The normalized spacial score (nSPS) is 12.1. The highest BCUT2D eigenvalue weighted by molar-refractivity contribution is 7.29. The van der Waals surface area contributed by atoms with Crippen LogP contribution >= 0.6 is 45.3 Å². The summed E-state index contributed by atoms with van der Waals surface area (Å²) in [6.07, 6.45) is 0. The Hall–Kier alpha value is -2.64. The topological polar surface area (TPSA) is 25.8 Å². The van der Waals surface area contributed by atoms with Crippen molar-refractivity contribution in [1.82, 2.24) is 9.97 Å². The molecule has 0 saturated heterocycles. The summed E-state index contributed by atoms with van der Waals surface area (Å²) in [5.41, 5.74) is 6.56. The number of aromatic nitrogens is 2. The minimum absolute atomic E-state index is 0.998. The van der Waals surface area contributed by atoms with Crippen molar-refractivity contribution in [2.45, 2.75) is 13.8 Å². The minimum Gasteiger partial charge on any atom is -0.251 e. The molecule has 0 bridgehead atoms. The summed E-state index contributed by atoms with van der Waals surface area (Å²) < 4.78 is 5.40. The van der Waals surface area contributed by atoms with Crippen molar-refractivity contribution in [3.63, 3.8) is 0 Å². The van der Waals surface area contributed by atoms with Crippen LogP contribution < -0.4 is 0 Å². The molecule has 1 aromatic carbocycles. The minimum atomic E-state index is 0.998. The second-order valence-electron chi connectivity index (χ2n) is 8.00. The van der Waals surface area contributed by atoms with Gasteiger partial charge in [-0.05, 0) is 61.0 Å². The summed E-state index contributed by atoms with van der Waals surface area (Å²) >= 11 is 7.32. The van der Waals surface area contributed by atoms with Gasteiger partial charge in [-0.25, -0.2) is 0 Å². The van der Waals surface area contributed by atoms with Crippen molar-refractivity contribution in [2.75, 3.05) is 0 Å². The molecule has 0 saturated carbocycles. The Labute approximate surface area is 200 Å². The lowest BCUT2D eigenvalue weighted by molar-refractivity contribution is 1.23. The van der Waals surface area contributed by atoms with Crippen molar-refractivity contribution in [3.8, 4) is 20.9 Å². The van der Waals surface area contributed by atoms with Gasteiger partial charge in [0.05, 0.1) is 11.0 Å². The summed E-state index contributed by atoms with van der Waals surface area (Å²) in [6, 6.07) is 18.0. The predicted octanol–water partition coefficient (Wildman–Crippen LogP) is 9.29. The first-order valence-corrected chi connectivity index (χ1v) is 13.7. The number of aryl methyl sites for hydroxylation is 2. The summed E-state index contributed by atoms with van der Waals surface area (Å²) in [7, 11) is 0. The SMILES string of the molecule is Cc1cc(-c2cc3sccc3s2)c2ccc3c(-c4cc5sccc5s4)cc(C)nc3c2n1. The van der Waals surface area contributed by atoms with E-state index in [9.17, 15) is 0 Å². The first-order valence-electron chi connectivity index (χ1n) is 10.3. The monoisotopic (exact) mass is 484 g/mol. The molecule has 0 aliphatic rings. The van der Waals surface area contributed by atoms with E-state index in [4.69, 9.17) is 9.97 Å². The van der Waals surface area contributed by atoms with E-state index in [-0.39, 0.29) is 0 Å². The Kier molecular flexibility index (Phi) is 4.09. The number of hydrogen-bond acceptors (Lipinski definition) is 6. The average Bonchev–Trinajstić information content (AvgIpc) is 3.52. The van der Waals surface area contributed by atoms with E-state index in [2.05, 4.69) is 73.1 Å². The number of pyridine rings is 2. The summed E-state index contributed by atoms with van der Waals surface area (Å²) in [6.45, 7) is 4.17. The van der Waals surface area contributed by atoms with Crippen LogP contribution in [0.2, 0.25) is 0 Å². The molecule has 0 amide bonds. The molecule has 0 spiro atoms. The zero-order valence-corrected chi connectivity index (χ0v) is 20.6. The molecular weight excluding hydrogens is 469 g/mol. The maximum atomic E-state index is 4.99. The maximum absolute atomic E-state index is 4.99. The van der Waals surface area contributed by atoms with Crippen molar-refractivity contribution in [1.29, 1.82) is 0 Å². The van der Waals surface area contributed by atoms with Gasteiger partial charge in [-0.15, -0.1) is 45.3 Å². The first kappa shape index (κ1) is 18.9. The van der Waals surface area contributed by atoms with Crippen LogP contribution in [0.25, 0.3) is 61.5 Å². The molecule has 0 fully saturated rings. The summed E-state index contributed by atoms with van der Waals surface area (Å²) in [5.74, 6) is 0. The van der Waals surface area contributed by atoms with Gasteiger partial charge in [0.1, 0.15) is 0 Å². The van der Waals surface area contributed by atoms with E-state index < -0.39 is 0 Å². The van der Waals surface area contributed by atoms with Crippen molar-refractivity contribution >= 4 is 86.0 Å². The third-order valence-corrected chi connectivity index (χ3v) is 10.1. The Morgan fingerprint density at radius 3 is 1.47 bits per heavy atom. The molecule has 6 heteroatoms. The van der Waals surface area contributed by atoms with Crippen LogP contribution in [0.5, 0.6) is 0 Å². The lowest BCUT2D eigenvalue weighted by Gasteiger charge is -2.12. The molecule has 0 atom stereocenters. The fourth-order valence-electron chi connectivity index (χ4n) is 4.44. The molecule has 32 heavy (non-hydrogen) atoms. The average molecular weight is 485 g/mol. The van der Waals surface area contributed by atoms with E-state index in [1.165, 1.54) is 50.5 Å². The molecular formula is C26H16N2S4. The van der Waals surface area contributed by atoms with Crippen LogP contribution in [-0.2, 0) is 0 Å². The van der Waals surface area contributed by atoms with Crippen LogP contribution in [0.3, 0.4) is 0 Å². The highest BCUT2D eigenvalue weighted by Crippen LogP contribution is 2.43. The second-order valence-corrected chi connectivity index (χ2v) is 12.1. The molecule has 0 radical (unpaired) electrons. The van der Waals surface area contributed by atoms with Gasteiger partial charge in [-0.2, -0.15) is 0 Å². The van der Waals surface area contributed by atoms with Gasteiger partial charge in [-0.1, -0.05) is 12.1 Å².